The summed E-state index contributed by atoms with van der Waals surface area (Å²) < 4.78 is 36.7. The van der Waals surface area contributed by atoms with Crippen LogP contribution in [0.15, 0.2) is 72.9 Å². The number of benzene rings is 3. The van der Waals surface area contributed by atoms with E-state index in [0.29, 0.717) is 30.4 Å². The molecule has 7 amide bonds. The number of fused-ring (bicyclic) bond motifs is 2. The van der Waals surface area contributed by atoms with E-state index in [-0.39, 0.29) is 105 Å². The number of ether oxygens (including phenoxy) is 4. The van der Waals surface area contributed by atoms with Gasteiger partial charge in [-0.3, -0.25) is 48.8 Å². The number of rotatable bonds is 19. The van der Waals surface area contributed by atoms with Crippen LogP contribution in [0.5, 0.6) is 11.5 Å². The van der Waals surface area contributed by atoms with Gasteiger partial charge < -0.3 is 34.5 Å². The number of nitrogens with zero attached hydrogens (tertiary/aromatic N) is 3. The molecule has 3 fully saturated rings. The summed E-state index contributed by atoms with van der Waals surface area (Å²) in [6.07, 6.45) is 5.56. The van der Waals surface area contributed by atoms with Crippen LogP contribution in [0.25, 0.3) is 10.9 Å². The number of hydrogen-bond acceptors (Lipinski definition) is 12. The van der Waals surface area contributed by atoms with Crippen molar-refractivity contribution in [2.24, 2.45) is 11.8 Å². The van der Waals surface area contributed by atoms with Crippen molar-refractivity contribution in [3.05, 3.63) is 95.4 Å². The number of piperidine rings is 1. The van der Waals surface area contributed by atoms with Crippen molar-refractivity contribution < 1.29 is 56.9 Å². The van der Waals surface area contributed by atoms with Gasteiger partial charge in [-0.15, -0.1) is 0 Å². The van der Waals surface area contributed by atoms with Crippen molar-refractivity contribution in [3.8, 4) is 11.5 Å². The largest absolute Gasteiger partial charge is 0.487 e. The van der Waals surface area contributed by atoms with Gasteiger partial charge in [-0.05, 0) is 110 Å². The SMILES string of the molecule is C[C@@H](C(=O)Nc1ccc(OC2CN(C(=O)CCOCCOCCNC(=O)COc3cccc4c3C(=O)N(C3CCC(=O)NC3=O)C4=O)C2)cc1)[C@H]1CC[C@@H](c2ccnc3ccc(F)cc32)CC1. The van der Waals surface area contributed by atoms with Gasteiger partial charge in [0.1, 0.15) is 29.5 Å². The quantitative estimate of drug-likeness (QED) is 0.0875. The summed E-state index contributed by atoms with van der Waals surface area (Å²) in [6.45, 7) is 3.54. The molecule has 1 unspecified atom stereocenters. The Morgan fingerprint density at radius 3 is 2.40 bits per heavy atom. The Kier molecular flexibility index (Phi) is 14.8. The van der Waals surface area contributed by atoms with Crippen LogP contribution in [0.1, 0.15) is 84.1 Å². The Hall–Kier alpha value is -6.79. The van der Waals surface area contributed by atoms with E-state index in [9.17, 15) is 38.0 Å². The van der Waals surface area contributed by atoms with Gasteiger partial charge >= 0.3 is 0 Å². The van der Waals surface area contributed by atoms with Crippen LogP contribution in [0.4, 0.5) is 10.1 Å². The molecule has 67 heavy (non-hydrogen) atoms. The molecular formula is C49H53FN6O11. The van der Waals surface area contributed by atoms with Gasteiger partial charge in [-0.1, -0.05) is 13.0 Å². The Morgan fingerprint density at radius 2 is 1.64 bits per heavy atom. The summed E-state index contributed by atoms with van der Waals surface area (Å²) >= 11 is 0. The van der Waals surface area contributed by atoms with Crippen LogP contribution < -0.4 is 25.4 Å². The lowest BCUT2D eigenvalue weighted by atomic mass is 9.73. The first-order valence-electron chi connectivity index (χ1n) is 22.7. The molecule has 0 spiro atoms. The fraction of sp³-hybridized carbons (Fsp3) is 0.429. The average Bonchev–Trinajstić information content (AvgIpc) is 3.57. The van der Waals surface area contributed by atoms with Crippen LogP contribution in [0, 0.1) is 17.7 Å². The molecule has 18 heteroatoms. The minimum Gasteiger partial charge on any atom is -0.487 e. The average molecular weight is 921 g/mol. The van der Waals surface area contributed by atoms with E-state index in [1.807, 2.05) is 37.3 Å². The third-order valence-corrected chi connectivity index (χ3v) is 12.9. The third-order valence-electron chi connectivity index (χ3n) is 12.9. The number of carbonyl (C=O) groups excluding carboxylic acids is 7. The highest BCUT2D eigenvalue weighted by Crippen LogP contribution is 2.41. The molecule has 2 saturated heterocycles. The lowest BCUT2D eigenvalue weighted by Crippen LogP contribution is -2.56. The molecule has 352 valence electrons. The third kappa shape index (κ3) is 11.1. The molecule has 8 rings (SSSR count). The number of amides is 7. The van der Waals surface area contributed by atoms with Gasteiger partial charge in [-0.25, -0.2) is 4.39 Å². The van der Waals surface area contributed by atoms with E-state index in [0.717, 1.165) is 47.0 Å². The van der Waals surface area contributed by atoms with Gasteiger partial charge in [0.05, 0.1) is 62.6 Å². The van der Waals surface area contributed by atoms with Gasteiger partial charge in [0.2, 0.25) is 23.6 Å². The Balaban J connectivity index is 0.647. The standard InChI is InChI=1S/C49H53FN6O11/c1-29(30-5-7-31(8-6-30)36-17-19-51-39-14-9-32(50)25-38(36)39)46(60)53-33-10-12-34(13-11-33)67-35-26-55(27-35)44(59)18-21-64-23-24-65-22-20-52-43(58)28-66-41-4-2-3-37-45(41)49(63)56(48(37)62)40-15-16-42(57)54-47(40)61/h2-4,9-14,17,19,25,29-31,35,40H,5-8,15-16,18,20-24,26-28H2,1H3,(H,52,58)(H,53,60)(H,54,57,61)/t29-,30-,31+,40?/m1/s1. The van der Waals surface area contributed by atoms with Crippen molar-refractivity contribution in [2.75, 3.05) is 58.0 Å². The zero-order chi connectivity index (χ0) is 47.0. The molecule has 1 aromatic heterocycles. The highest BCUT2D eigenvalue weighted by atomic mass is 19.1. The highest BCUT2D eigenvalue weighted by molar-refractivity contribution is 6.24. The number of pyridine rings is 1. The number of carbonyl (C=O) groups is 7. The number of imide groups is 2. The zero-order valence-electron chi connectivity index (χ0n) is 37.1. The molecule has 4 aromatic rings. The van der Waals surface area contributed by atoms with E-state index >= 15 is 0 Å². The fourth-order valence-electron chi connectivity index (χ4n) is 9.12. The Labute approximate surface area is 386 Å². The molecule has 2 atom stereocenters. The zero-order valence-corrected chi connectivity index (χ0v) is 37.1. The predicted octanol–water partition coefficient (Wildman–Crippen LogP) is 4.53. The molecular weight excluding hydrogens is 868 g/mol. The molecule has 4 heterocycles. The van der Waals surface area contributed by atoms with E-state index < -0.39 is 42.2 Å². The molecule has 1 aliphatic carbocycles. The highest BCUT2D eigenvalue weighted by Gasteiger charge is 2.46. The predicted molar refractivity (Wildman–Crippen MR) is 240 cm³/mol. The second-order valence-electron chi connectivity index (χ2n) is 17.3. The van der Waals surface area contributed by atoms with Gasteiger partial charge in [0.15, 0.2) is 6.61 Å². The molecule has 3 N–H and O–H groups in total. The summed E-state index contributed by atoms with van der Waals surface area (Å²) in [6, 6.07) is 17.2. The van der Waals surface area contributed by atoms with Crippen molar-refractivity contribution in [1.29, 1.82) is 0 Å². The van der Waals surface area contributed by atoms with Crippen molar-refractivity contribution >= 4 is 57.9 Å². The molecule has 17 nitrogen and oxygen atoms in total. The minimum atomic E-state index is -1.12. The summed E-state index contributed by atoms with van der Waals surface area (Å²) in [7, 11) is 0. The van der Waals surface area contributed by atoms with Crippen LogP contribution in [0.3, 0.4) is 0 Å². The van der Waals surface area contributed by atoms with Crippen LogP contribution >= 0.6 is 0 Å². The topological polar surface area (TPSA) is 212 Å². The van der Waals surface area contributed by atoms with Crippen molar-refractivity contribution in [2.45, 2.75) is 69.9 Å². The number of nitrogens with one attached hydrogen (secondary N) is 3. The smallest absolute Gasteiger partial charge is 0.266 e. The molecule has 3 aromatic carbocycles. The Bertz CT molecular complexity index is 2520. The molecule has 3 aliphatic heterocycles. The van der Waals surface area contributed by atoms with Crippen molar-refractivity contribution in [3.63, 3.8) is 0 Å². The van der Waals surface area contributed by atoms with E-state index in [1.54, 1.807) is 23.2 Å². The number of anilines is 1. The summed E-state index contributed by atoms with van der Waals surface area (Å²) in [5.41, 5.74) is 2.61. The van der Waals surface area contributed by atoms with Gasteiger partial charge in [0, 0.05) is 36.2 Å². The summed E-state index contributed by atoms with van der Waals surface area (Å²) in [5.74, 6) is -2.36. The number of likely N-dealkylation sites (tertiary alicyclic amines) is 1. The second-order valence-corrected chi connectivity index (χ2v) is 17.3. The Morgan fingerprint density at radius 1 is 0.881 bits per heavy atom. The maximum absolute atomic E-state index is 14.0. The second kappa shape index (κ2) is 21.2. The van der Waals surface area contributed by atoms with Gasteiger partial charge in [-0.2, -0.15) is 0 Å². The molecule has 0 bridgehead atoms. The van der Waals surface area contributed by atoms with E-state index in [1.165, 1.54) is 24.3 Å². The molecule has 1 saturated carbocycles. The van der Waals surface area contributed by atoms with Crippen LogP contribution in [-0.4, -0.2) is 121 Å². The first-order valence-corrected chi connectivity index (χ1v) is 22.7. The monoisotopic (exact) mass is 920 g/mol. The van der Waals surface area contributed by atoms with Crippen LogP contribution in [0.2, 0.25) is 0 Å². The first kappa shape index (κ1) is 46.7. The molecule has 0 radical (unpaired) electrons. The van der Waals surface area contributed by atoms with Gasteiger partial charge in [0.25, 0.3) is 17.7 Å². The maximum atomic E-state index is 14.0. The summed E-state index contributed by atoms with van der Waals surface area (Å²) in [4.78, 5) is 95.3. The normalized spacial score (nSPS) is 19.9. The lowest BCUT2D eigenvalue weighted by Gasteiger charge is -2.39. The number of aromatic nitrogens is 1. The lowest BCUT2D eigenvalue weighted by molar-refractivity contribution is -0.141. The first-order chi connectivity index (χ1) is 32.4. The van der Waals surface area contributed by atoms with Crippen LogP contribution in [-0.2, 0) is 33.4 Å². The van der Waals surface area contributed by atoms with E-state index in [4.69, 9.17) is 18.9 Å². The maximum Gasteiger partial charge on any atom is 0.266 e. The van der Waals surface area contributed by atoms with E-state index in [2.05, 4.69) is 20.9 Å². The van der Waals surface area contributed by atoms with Crippen molar-refractivity contribution in [1.82, 2.24) is 25.4 Å². The molecule has 4 aliphatic rings. The number of halogens is 1. The summed E-state index contributed by atoms with van der Waals surface area (Å²) in [5, 5.41) is 8.71. The number of hydrogen-bond donors (Lipinski definition) is 3. The minimum absolute atomic E-state index is 0.00302. The fourth-order valence-corrected chi connectivity index (χ4v) is 9.12.